The highest BCUT2D eigenvalue weighted by Crippen LogP contribution is 2.67. The van der Waals surface area contributed by atoms with Gasteiger partial charge in [0.1, 0.15) is 6.10 Å². The molecule has 0 amide bonds. The Morgan fingerprint density at radius 1 is 1.07 bits per heavy atom. The van der Waals surface area contributed by atoms with Crippen molar-refractivity contribution in [1.29, 1.82) is 0 Å². The summed E-state index contributed by atoms with van der Waals surface area (Å²) in [6.45, 7) is 8.37. The first-order valence-electron chi connectivity index (χ1n) is 12.3. The zero-order valence-electron chi connectivity index (χ0n) is 18.7. The molecular weight excluding hydrogens is 364 g/mol. The van der Waals surface area contributed by atoms with E-state index in [1.54, 1.807) is 0 Å². The van der Waals surface area contributed by atoms with Gasteiger partial charge in [0.25, 0.3) is 0 Å². The number of esters is 1. The molecule has 29 heavy (non-hydrogen) atoms. The summed E-state index contributed by atoms with van der Waals surface area (Å²) in [6.07, 6.45) is 12.3. The lowest BCUT2D eigenvalue weighted by atomic mass is 9.43. The number of hydrogen-bond donors (Lipinski definition) is 1. The Morgan fingerprint density at radius 3 is 2.59 bits per heavy atom. The van der Waals surface area contributed by atoms with Crippen molar-refractivity contribution in [2.24, 2.45) is 34.0 Å². The molecule has 2 aliphatic heterocycles. The van der Waals surface area contributed by atoms with E-state index >= 15 is 0 Å². The van der Waals surface area contributed by atoms with Crippen LogP contribution in [0.1, 0.15) is 91.4 Å². The normalized spacial score (nSPS) is 51.1. The van der Waals surface area contributed by atoms with Crippen molar-refractivity contribution in [3.05, 3.63) is 0 Å². The first-order valence-corrected chi connectivity index (χ1v) is 12.3. The van der Waals surface area contributed by atoms with Crippen molar-refractivity contribution in [1.82, 2.24) is 0 Å². The van der Waals surface area contributed by atoms with Gasteiger partial charge in [-0.15, -0.1) is 0 Å². The highest BCUT2D eigenvalue weighted by molar-refractivity contribution is 5.80. The van der Waals surface area contributed by atoms with Crippen LogP contribution < -0.4 is 0 Å². The van der Waals surface area contributed by atoms with Crippen LogP contribution in [0, 0.1) is 34.0 Å². The van der Waals surface area contributed by atoms with Gasteiger partial charge in [0.05, 0.1) is 24.2 Å². The van der Waals surface area contributed by atoms with Gasteiger partial charge < -0.3 is 14.6 Å². The Balaban J connectivity index is 1.41. The first-order chi connectivity index (χ1) is 13.8. The molecule has 2 saturated heterocycles. The fourth-order valence-electron chi connectivity index (χ4n) is 8.83. The fourth-order valence-corrected chi connectivity index (χ4v) is 8.83. The fraction of sp³-hybridized carbons (Fsp3) is 0.960. The van der Waals surface area contributed by atoms with Crippen LogP contribution in [0.2, 0.25) is 0 Å². The van der Waals surface area contributed by atoms with Gasteiger partial charge in [-0.3, -0.25) is 4.79 Å². The third-order valence-corrected chi connectivity index (χ3v) is 10.5. The number of carbonyl (C=O) groups excluding carboxylic acids is 1. The van der Waals surface area contributed by atoms with E-state index < -0.39 is 11.0 Å². The maximum Gasteiger partial charge on any atom is 0.312 e. The molecule has 1 spiro atoms. The second-order valence-electron chi connectivity index (χ2n) is 11.8. The van der Waals surface area contributed by atoms with E-state index in [1.807, 2.05) is 0 Å². The minimum atomic E-state index is -0.720. The van der Waals surface area contributed by atoms with Gasteiger partial charge in [-0.1, -0.05) is 39.5 Å². The third-order valence-electron chi connectivity index (χ3n) is 10.5. The van der Waals surface area contributed by atoms with Gasteiger partial charge in [-0.05, 0) is 69.1 Å². The van der Waals surface area contributed by atoms with Gasteiger partial charge in [0.2, 0.25) is 0 Å². The molecule has 4 nitrogen and oxygen atoms in total. The lowest BCUT2D eigenvalue weighted by Gasteiger charge is -2.61. The van der Waals surface area contributed by atoms with Crippen LogP contribution in [0.5, 0.6) is 0 Å². The molecule has 0 radical (unpaired) electrons. The predicted octanol–water partition coefficient (Wildman–Crippen LogP) is 4.87. The Hall–Kier alpha value is -0.610. The molecule has 2 heterocycles. The monoisotopic (exact) mass is 404 g/mol. The van der Waals surface area contributed by atoms with E-state index in [-0.39, 0.29) is 29.3 Å². The minimum absolute atomic E-state index is 0.00687. The zero-order chi connectivity index (χ0) is 20.5. The number of rotatable bonds is 3. The molecule has 0 aromatic carbocycles. The molecule has 0 aromatic heterocycles. The standard InChI is InChI=1S/C25H40O4/c1-17-14-19-20-22(2,21(26)29-19)9-7-10-23(20,3)25(17,27)13-8-18-15-28-16-24(18)11-5-4-6-12-24/h17-20,27H,4-16H2,1-3H3/t17-,18?,19-,20?,22+,23-,25-/m1/s1. The molecule has 5 rings (SSSR count). The second-order valence-corrected chi connectivity index (χ2v) is 11.8. The van der Waals surface area contributed by atoms with E-state index in [9.17, 15) is 9.90 Å². The van der Waals surface area contributed by atoms with Crippen LogP contribution in [-0.4, -0.2) is 36.0 Å². The Bertz CT molecular complexity index is 670. The maximum atomic E-state index is 12.8. The summed E-state index contributed by atoms with van der Waals surface area (Å²) >= 11 is 0. The van der Waals surface area contributed by atoms with Crippen LogP contribution in [0.25, 0.3) is 0 Å². The van der Waals surface area contributed by atoms with Crippen LogP contribution in [-0.2, 0) is 14.3 Å². The molecule has 4 heteroatoms. The minimum Gasteiger partial charge on any atom is -0.462 e. The summed E-state index contributed by atoms with van der Waals surface area (Å²) in [4.78, 5) is 12.8. The Morgan fingerprint density at radius 2 is 1.83 bits per heavy atom. The van der Waals surface area contributed by atoms with E-state index in [1.165, 1.54) is 32.1 Å². The summed E-state index contributed by atoms with van der Waals surface area (Å²) in [5.74, 6) is 0.879. The number of carbonyl (C=O) groups is 1. The third kappa shape index (κ3) is 2.67. The molecular formula is C25H40O4. The van der Waals surface area contributed by atoms with Crippen molar-refractivity contribution >= 4 is 5.97 Å². The quantitative estimate of drug-likeness (QED) is 0.682. The Labute approximate surface area is 176 Å². The van der Waals surface area contributed by atoms with Crippen molar-refractivity contribution in [3.63, 3.8) is 0 Å². The highest BCUT2D eigenvalue weighted by Gasteiger charge is 2.71. The smallest absolute Gasteiger partial charge is 0.312 e. The van der Waals surface area contributed by atoms with E-state index in [2.05, 4.69) is 20.8 Å². The molecule has 1 N–H and O–H groups in total. The number of aliphatic hydroxyl groups is 1. The van der Waals surface area contributed by atoms with E-state index in [0.717, 1.165) is 51.7 Å². The van der Waals surface area contributed by atoms with Crippen LogP contribution in [0.4, 0.5) is 0 Å². The highest BCUT2D eigenvalue weighted by atomic mass is 16.6. The molecule has 5 aliphatic rings. The lowest BCUT2D eigenvalue weighted by molar-refractivity contribution is -0.219. The molecule has 7 atom stereocenters. The second kappa shape index (κ2) is 6.69. The van der Waals surface area contributed by atoms with Gasteiger partial charge in [0, 0.05) is 11.3 Å². The van der Waals surface area contributed by atoms with Crippen molar-refractivity contribution < 1.29 is 19.4 Å². The van der Waals surface area contributed by atoms with Crippen LogP contribution >= 0.6 is 0 Å². The van der Waals surface area contributed by atoms with Crippen molar-refractivity contribution in [3.8, 4) is 0 Å². The summed E-state index contributed by atoms with van der Waals surface area (Å²) in [7, 11) is 0. The van der Waals surface area contributed by atoms with Crippen molar-refractivity contribution in [2.45, 2.75) is 103 Å². The molecule has 0 bridgehead atoms. The summed E-state index contributed by atoms with van der Waals surface area (Å²) in [5.41, 5.74) is -1.01. The first kappa shape index (κ1) is 20.3. The number of hydrogen-bond acceptors (Lipinski definition) is 4. The molecule has 164 valence electrons. The summed E-state index contributed by atoms with van der Waals surface area (Å²) in [6, 6.07) is 0. The zero-order valence-corrected chi connectivity index (χ0v) is 18.7. The number of ether oxygens (including phenoxy) is 2. The van der Waals surface area contributed by atoms with E-state index in [0.29, 0.717) is 11.3 Å². The lowest BCUT2D eigenvalue weighted by Crippen LogP contribution is -2.65. The largest absolute Gasteiger partial charge is 0.462 e. The van der Waals surface area contributed by atoms with E-state index in [4.69, 9.17) is 9.47 Å². The van der Waals surface area contributed by atoms with Gasteiger partial charge >= 0.3 is 5.97 Å². The van der Waals surface area contributed by atoms with Crippen molar-refractivity contribution in [2.75, 3.05) is 13.2 Å². The average molecular weight is 405 g/mol. The molecule has 0 aromatic rings. The topological polar surface area (TPSA) is 55.8 Å². The SMILES string of the molecule is C[C@@H]1C[C@H]2OC(=O)[C@@]3(C)CCC[C@](C)(C23)[C@@]1(O)CCC1COCC12CCCCC2. The summed E-state index contributed by atoms with van der Waals surface area (Å²) < 4.78 is 11.9. The Kier molecular flexibility index (Phi) is 4.68. The predicted molar refractivity (Wildman–Crippen MR) is 111 cm³/mol. The summed E-state index contributed by atoms with van der Waals surface area (Å²) in [5, 5.41) is 12.3. The van der Waals surface area contributed by atoms with Gasteiger partial charge in [-0.2, -0.15) is 0 Å². The molecule has 3 saturated carbocycles. The van der Waals surface area contributed by atoms with Crippen LogP contribution in [0.15, 0.2) is 0 Å². The van der Waals surface area contributed by atoms with Crippen LogP contribution in [0.3, 0.4) is 0 Å². The molecule has 3 aliphatic carbocycles. The molecule has 2 unspecified atom stereocenters. The average Bonchev–Trinajstić information content (AvgIpc) is 3.18. The maximum absolute atomic E-state index is 12.8. The van der Waals surface area contributed by atoms with Gasteiger partial charge in [-0.25, -0.2) is 0 Å². The van der Waals surface area contributed by atoms with Gasteiger partial charge in [0.15, 0.2) is 0 Å². The molecule has 5 fully saturated rings.